The summed E-state index contributed by atoms with van der Waals surface area (Å²) in [6.07, 6.45) is 4.77. The minimum Gasteiger partial charge on any atom is -0.370 e. The van der Waals surface area contributed by atoms with Gasteiger partial charge in [0.1, 0.15) is 0 Å². The number of hydrogen-bond donors (Lipinski definition) is 1. The Hall–Kier alpha value is -1.87. The zero-order valence-corrected chi connectivity index (χ0v) is 12.5. The van der Waals surface area contributed by atoms with Crippen molar-refractivity contribution in [3.05, 3.63) is 59.9 Å². The average molecular weight is 269 g/mol. The summed E-state index contributed by atoms with van der Waals surface area (Å²) in [7, 11) is 4.16. The Morgan fingerprint density at radius 2 is 1.85 bits per heavy atom. The normalized spacial score (nSPS) is 12.2. The summed E-state index contributed by atoms with van der Waals surface area (Å²) < 4.78 is 0. The van der Waals surface area contributed by atoms with E-state index in [1.54, 1.807) is 0 Å². The van der Waals surface area contributed by atoms with E-state index < -0.39 is 0 Å². The maximum absolute atomic E-state index is 4.07. The summed E-state index contributed by atoms with van der Waals surface area (Å²) in [5, 5.41) is 3.39. The average Bonchev–Trinajstić information content (AvgIpc) is 2.50. The van der Waals surface area contributed by atoms with Gasteiger partial charge in [-0.25, -0.2) is 0 Å². The first-order valence-corrected chi connectivity index (χ1v) is 7.12. The first kappa shape index (κ1) is 14.5. The lowest BCUT2D eigenvalue weighted by Crippen LogP contribution is -2.22. The number of anilines is 1. The molecular weight excluding hydrogens is 246 g/mol. The summed E-state index contributed by atoms with van der Waals surface area (Å²) >= 11 is 0. The van der Waals surface area contributed by atoms with Crippen molar-refractivity contribution in [1.82, 2.24) is 10.3 Å². The van der Waals surface area contributed by atoms with Crippen molar-refractivity contribution in [2.45, 2.75) is 25.9 Å². The molecule has 1 heterocycles. The molecule has 0 saturated carbocycles. The second kappa shape index (κ2) is 7.06. The summed E-state index contributed by atoms with van der Waals surface area (Å²) in [6, 6.07) is 13.1. The maximum atomic E-state index is 4.07. The molecule has 0 aliphatic rings. The Labute approximate surface area is 121 Å². The Morgan fingerprint density at radius 1 is 1.15 bits per heavy atom. The monoisotopic (exact) mass is 269 g/mol. The molecule has 1 aromatic carbocycles. The smallest absolute Gasteiger partial charge is 0.0427 e. The largest absolute Gasteiger partial charge is 0.370 e. The van der Waals surface area contributed by atoms with Gasteiger partial charge in [-0.2, -0.15) is 0 Å². The fraction of sp³-hybridized carbons (Fsp3) is 0.353. The predicted molar refractivity (Wildman–Crippen MR) is 84.9 cm³/mol. The van der Waals surface area contributed by atoms with E-state index in [0.29, 0.717) is 6.04 Å². The molecule has 1 atom stereocenters. The van der Waals surface area contributed by atoms with Gasteiger partial charge in [-0.3, -0.25) is 4.98 Å². The van der Waals surface area contributed by atoms with Gasteiger partial charge < -0.3 is 10.2 Å². The van der Waals surface area contributed by atoms with Gasteiger partial charge in [0.05, 0.1) is 0 Å². The van der Waals surface area contributed by atoms with Crippen LogP contribution in [0, 0.1) is 0 Å². The molecule has 0 aliphatic carbocycles. The number of aromatic nitrogens is 1. The molecule has 1 unspecified atom stereocenters. The van der Waals surface area contributed by atoms with Gasteiger partial charge in [-0.1, -0.05) is 25.1 Å². The van der Waals surface area contributed by atoms with Crippen LogP contribution in [0.2, 0.25) is 0 Å². The molecule has 1 N–H and O–H groups in total. The van der Waals surface area contributed by atoms with Crippen molar-refractivity contribution in [1.29, 1.82) is 0 Å². The zero-order chi connectivity index (χ0) is 14.4. The summed E-state index contributed by atoms with van der Waals surface area (Å²) in [4.78, 5) is 6.37. The van der Waals surface area contributed by atoms with Crippen molar-refractivity contribution >= 4 is 5.69 Å². The van der Waals surface area contributed by atoms with E-state index in [9.17, 15) is 0 Å². The molecule has 20 heavy (non-hydrogen) atoms. The van der Waals surface area contributed by atoms with Crippen LogP contribution in [0.3, 0.4) is 0 Å². The van der Waals surface area contributed by atoms with Crippen LogP contribution in [0.4, 0.5) is 5.69 Å². The molecule has 0 bridgehead atoms. The third kappa shape index (κ3) is 3.36. The van der Waals surface area contributed by atoms with E-state index in [2.05, 4.69) is 65.6 Å². The van der Waals surface area contributed by atoms with Crippen LogP contribution in [-0.4, -0.2) is 19.1 Å². The molecular formula is C17H23N3. The highest BCUT2D eigenvalue weighted by Gasteiger charge is 2.14. The van der Waals surface area contributed by atoms with Crippen molar-refractivity contribution in [3.63, 3.8) is 0 Å². The number of benzene rings is 1. The molecule has 0 spiro atoms. The molecule has 0 saturated heterocycles. The standard InChI is InChI=1S/C17H23N3/c1-4-16(18-2)15-7-5-6-8-17(15)20(3)13-14-9-11-19-12-10-14/h5-12,16,18H,4,13H2,1-3H3. The number of hydrogen-bond acceptors (Lipinski definition) is 3. The van der Waals surface area contributed by atoms with Crippen LogP contribution in [0.1, 0.15) is 30.5 Å². The molecule has 106 valence electrons. The molecule has 0 aliphatic heterocycles. The molecule has 3 nitrogen and oxygen atoms in total. The van der Waals surface area contributed by atoms with E-state index >= 15 is 0 Å². The van der Waals surface area contributed by atoms with Gasteiger partial charge in [-0.15, -0.1) is 0 Å². The number of pyridine rings is 1. The lowest BCUT2D eigenvalue weighted by Gasteiger charge is -2.26. The molecule has 3 heteroatoms. The van der Waals surface area contributed by atoms with Crippen LogP contribution in [0.25, 0.3) is 0 Å². The molecule has 0 fully saturated rings. The Balaban J connectivity index is 2.23. The first-order valence-electron chi connectivity index (χ1n) is 7.12. The minimum absolute atomic E-state index is 0.395. The van der Waals surface area contributed by atoms with Crippen LogP contribution < -0.4 is 10.2 Å². The topological polar surface area (TPSA) is 28.2 Å². The minimum atomic E-state index is 0.395. The fourth-order valence-corrected chi connectivity index (χ4v) is 2.56. The van der Waals surface area contributed by atoms with Crippen molar-refractivity contribution in [3.8, 4) is 0 Å². The van der Waals surface area contributed by atoms with E-state index in [4.69, 9.17) is 0 Å². The second-order valence-corrected chi connectivity index (χ2v) is 5.02. The van der Waals surface area contributed by atoms with Crippen LogP contribution in [0.15, 0.2) is 48.8 Å². The Morgan fingerprint density at radius 3 is 2.50 bits per heavy atom. The van der Waals surface area contributed by atoms with Crippen molar-refractivity contribution in [2.24, 2.45) is 0 Å². The van der Waals surface area contributed by atoms with E-state index in [-0.39, 0.29) is 0 Å². The van der Waals surface area contributed by atoms with Crippen molar-refractivity contribution in [2.75, 3.05) is 19.0 Å². The van der Waals surface area contributed by atoms with E-state index in [0.717, 1.165) is 13.0 Å². The number of rotatable bonds is 6. The third-order valence-corrected chi connectivity index (χ3v) is 3.65. The summed E-state index contributed by atoms with van der Waals surface area (Å²) in [5.41, 5.74) is 3.91. The number of nitrogens with zero attached hydrogens (tertiary/aromatic N) is 2. The highest BCUT2D eigenvalue weighted by molar-refractivity contribution is 5.54. The van der Waals surface area contributed by atoms with Gasteiger partial charge in [0, 0.05) is 37.7 Å². The molecule has 2 aromatic rings. The summed E-state index contributed by atoms with van der Waals surface area (Å²) in [6.45, 7) is 3.10. The number of para-hydroxylation sites is 1. The highest BCUT2D eigenvalue weighted by atomic mass is 15.1. The molecule has 1 aromatic heterocycles. The lowest BCUT2D eigenvalue weighted by atomic mass is 10.0. The maximum Gasteiger partial charge on any atom is 0.0427 e. The van der Waals surface area contributed by atoms with Gasteiger partial charge >= 0.3 is 0 Å². The number of nitrogens with one attached hydrogen (secondary N) is 1. The van der Waals surface area contributed by atoms with Gasteiger partial charge in [-0.05, 0) is 42.8 Å². The van der Waals surface area contributed by atoms with Crippen molar-refractivity contribution < 1.29 is 0 Å². The Kier molecular flexibility index (Phi) is 5.13. The fourth-order valence-electron chi connectivity index (χ4n) is 2.56. The first-order chi connectivity index (χ1) is 9.76. The van der Waals surface area contributed by atoms with E-state index in [1.165, 1.54) is 16.8 Å². The molecule has 2 rings (SSSR count). The van der Waals surface area contributed by atoms with Crippen LogP contribution >= 0.6 is 0 Å². The van der Waals surface area contributed by atoms with E-state index in [1.807, 2.05) is 19.4 Å². The quantitative estimate of drug-likeness (QED) is 0.871. The SMILES string of the molecule is CCC(NC)c1ccccc1N(C)Cc1ccncc1. The second-order valence-electron chi connectivity index (χ2n) is 5.02. The Bertz CT molecular complexity index is 521. The summed E-state index contributed by atoms with van der Waals surface area (Å²) in [5.74, 6) is 0. The zero-order valence-electron chi connectivity index (χ0n) is 12.5. The van der Waals surface area contributed by atoms with Gasteiger partial charge in [0.25, 0.3) is 0 Å². The predicted octanol–water partition coefficient (Wildman–Crippen LogP) is 3.39. The lowest BCUT2D eigenvalue weighted by molar-refractivity contribution is 0.575. The van der Waals surface area contributed by atoms with Crippen LogP contribution in [0.5, 0.6) is 0 Å². The van der Waals surface area contributed by atoms with Gasteiger partial charge in [0.15, 0.2) is 0 Å². The highest BCUT2D eigenvalue weighted by Crippen LogP contribution is 2.28. The third-order valence-electron chi connectivity index (χ3n) is 3.65. The van der Waals surface area contributed by atoms with Crippen LogP contribution in [-0.2, 0) is 6.54 Å². The molecule has 0 amide bonds. The van der Waals surface area contributed by atoms with Gasteiger partial charge in [0.2, 0.25) is 0 Å². The molecule has 0 radical (unpaired) electrons.